The fourth-order valence-electron chi connectivity index (χ4n) is 4.09. The normalized spacial score (nSPS) is 12.0. The number of benzene rings is 3. The van der Waals surface area contributed by atoms with Gasteiger partial charge in [0, 0.05) is 18.1 Å². The van der Waals surface area contributed by atoms with Crippen molar-refractivity contribution in [2.24, 2.45) is 0 Å². The fraction of sp³-hybridized carbons (Fsp3) is 0.286. The first kappa shape index (κ1) is 29.5. The molecular weight excluding hydrogens is 545 g/mol. The van der Waals surface area contributed by atoms with Crippen molar-refractivity contribution < 1.29 is 18.0 Å². The number of aryl methyl sites for hydroxylation is 1. The van der Waals surface area contributed by atoms with Crippen molar-refractivity contribution in [2.45, 2.75) is 44.7 Å². The molecule has 0 spiro atoms. The fourth-order valence-corrected chi connectivity index (χ4v) is 5.97. The zero-order valence-corrected chi connectivity index (χ0v) is 23.9. The van der Waals surface area contributed by atoms with Crippen molar-refractivity contribution in [3.63, 3.8) is 0 Å². The molecule has 0 bridgehead atoms. The summed E-state index contributed by atoms with van der Waals surface area (Å²) in [6.45, 7) is 5.47. The van der Waals surface area contributed by atoms with E-state index in [0.717, 1.165) is 15.4 Å². The van der Waals surface area contributed by atoms with Crippen molar-refractivity contribution in [1.82, 2.24) is 10.2 Å². The molecule has 7 nitrogen and oxygen atoms in total. The summed E-state index contributed by atoms with van der Waals surface area (Å²) in [5.74, 6) is -0.864. The smallest absolute Gasteiger partial charge is 0.264 e. The SMILES string of the molecule is CCNC(=O)[C@@H](CC)N(Cc1ccccc1C)C(=O)CN(c1cc(Cl)ccc1Cl)S(=O)(=O)c1ccccc1. The Labute approximate surface area is 234 Å². The summed E-state index contributed by atoms with van der Waals surface area (Å²) in [7, 11) is -4.22. The van der Waals surface area contributed by atoms with Crippen LogP contribution in [-0.4, -0.2) is 44.3 Å². The van der Waals surface area contributed by atoms with Gasteiger partial charge in [0.15, 0.2) is 0 Å². The maximum absolute atomic E-state index is 14.0. The molecule has 0 aliphatic rings. The first-order valence-corrected chi connectivity index (χ1v) is 14.4. The molecule has 1 N–H and O–H groups in total. The Morgan fingerprint density at radius 2 is 1.61 bits per heavy atom. The van der Waals surface area contributed by atoms with Crippen molar-refractivity contribution in [3.8, 4) is 0 Å². The number of nitrogens with one attached hydrogen (secondary N) is 1. The van der Waals surface area contributed by atoms with Gasteiger partial charge in [0.25, 0.3) is 10.0 Å². The van der Waals surface area contributed by atoms with E-state index in [4.69, 9.17) is 23.2 Å². The van der Waals surface area contributed by atoms with Gasteiger partial charge in [-0.1, -0.05) is 72.6 Å². The number of halogens is 2. The van der Waals surface area contributed by atoms with E-state index in [1.165, 1.54) is 35.2 Å². The van der Waals surface area contributed by atoms with E-state index in [9.17, 15) is 18.0 Å². The standard InChI is InChI=1S/C28H31Cl2N3O4S/c1-4-25(28(35)31-5-2)32(18-21-12-10-9-11-20(21)3)27(34)19-33(26-17-22(29)15-16-24(26)30)38(36,37)23-13-7-6-8-14-23/h6-17,25H,4-5,18-19H2,1-3H3,(H,31,35)/t25-/m1/s1. The van der Waals surface area contributed by atoms with Crippen molar-refractivity contribution in [3.05, 3.63) is 94.0 Å². The number of nitrogens with zero attached hydrogens (tertiary/aromatic N) is 2. The minimum Gasteiger partial charge on any atom is -0.355 e. The zero-order valence-electron chi connectivity index (χ0n) is 21.5. The lowest BCUT2D eigenvalue weighted by Gasteiger charge is -2.33. The van der Waals surface area contributed by atoms with Gasteiger partial charge in [-0.2, -0.15) is 0 Å². The minimum absolute atomic E-state index is 0.00920. The number of likely N-dealkylation sites (N-methyl/N-ethyl adjacent to an activating group) is 1. The number of carbonyl (C=O) groups is 2. The topological polar surface area (TPSA) is 86.8 Å². The average Bonchev–Trinajstić information content (AvgIpc) is 2.90. The third kappa shape index (κ3) is 6.87. The van der Waals surface area contributed by atoms with Gasteiger partial charge < -0.3 is 10.2 Å². The summed E-state index contributed by atoms with van der Waals surface area (Å²) in [6, 6.07) is 18.9. The minimum atomic E-state index is -4.22. The van der Waals surface area contributed by atoms with Crippen LogP contribution in [0.2, 0.25) is 10.0 Å². The summed E-state index contributed by atoms with van der Waals surface area (Å²) in [5, 5.41) is 3.16. The van der Waals surface area contributed by atoms with E-state index >= 15 is 0 Å². The van der Waals surface area contributed by atoms with Crippen LogP contribution in [0, 0.1) is 6.92 Å². The van der Waals surface area contributed by atoms with Crippen LogP contribution in [0.5, 0.6) is 0 Å². The second-order valence-corrected chi connectivity index (χ2v) is 11.4. The van der Waals surface area contributed by atoms with Crippen LogP contribution in [-0.2, 0) is 26.2 Å². The summed E-state index contributed by atoms with van der Waals surface area (Å²) >= 11 is 12.6. The lowest BCUT2D eigenvalue weighted by molar-refractivity contribution is -0.140. The number of rotatable bonds is 11. The van der Waals surface area contributed by atoms with Gasteiger partial charge in [0.05, 0.1) is 15.6 Å². The Morgan fingerprint density at radius 3 is 2.24 bits per heavy atom. The molecule has 0 heterocycles. The highest BCUT2D eigenvalue weighted by Crippen LogP contribution is 2.33. The first-order chi connectivity index (χ1) is 18.1. The second kappa shape index (κ2) is 13.1. The van der Waals surface area contributed by atoms with E-state index < -0.39 is 28.5 Å². The lowest BCUT2D eigenvalue weighted by atomic mass is 10.1. The summed E-state index contributed by atoms with van der Waals surface area (Å²) in [4.78, 5) is 28.4. The molecule has 0 aliphatic heterocycles. The van der Waals surface area contributed by atoms with Crippen LogP contribution in [0.15, 0.2) is 77.7 Å². The number of anilines is 1. The van der Waals surface area contributed by atoms with E-state index in [0.29, 0.717) is 13.0 Å². The summed E-state index contributed by atoms with van der Waals surface area (Å²) in [5.41, 5.74) is 1.86. The highest BCUT2D eigenvalue weighted by atomic mass is 35.5. The number of hydrogen-bond acceptors (Lipinski definition) is 4. The molecule has 3 aromatic carbocycles. The molecule has 3 rings (SSSR count). The molecule has 0 unspecified atom stereocenters. The van der Waals surface area contributed by atoms with Crippen LogP contribution in [0.25, 0.3) is 0 Å². The number of sulfonamides is 1. The third-order valence-corrected chi connectivity index (χ3v) is 8.45. The highest BCUT2D eigenvalue weighted by molar-refractivity contribution is 7.92. The van der Waals surface area contributed by atoms with E-state index in [1.54, 1.807) is 25.1 Å². The molecule has 0 saturated carbocycles. The Hall–Kier alpha value is -3.07. The second-order valence-electron chi connectivity index (χ2n) is 8.69. The Kier molecular flexibility index (Phi) is 10.2. The molecule has 38 heavy (non-hydrogen) atoms. The monoisotopic (exact) mass is 575 g/mol. The van der Waals surface area contributed by atoms with E-state index in [-0.39, 0.29) is 33.1 Å². The van der Waals surface area contributed by atoms with Gasteiger partial charge in [0.2, 0.25) is 11.8 Å². The zero-order chi connectivity index (χ0) is 27.9. The molecule has 0 radical (unpaired) electrons. The van der Waals surface area contributed by atoms with Crippen LogP contribution < -0.4 is 9.62 Å². The van der Waals surface area contributed by atoms with Crippen LogP contribution in [0.1, 0.15) is 31.4 Å². The van der Waals surface area contributed by atoms with Crippen molar-refractivity contribution >= 4 is 50.7 Å². The Bertz CT molecular complexity index is 1380. The maximum atomic E-state index is 14.0. The third-order valence-electron chi connectivity index (χ3n) is 6.13. The molecule has 2 amide bonds. The Morgan fingerprint density at radius 1 is 0.947 bits per heavy atom. The van der Waals surface area contributed by atoms with Gasteiger partial charge in [-0.3, -0.25) is 13.9 Å². The molecule has 0 saturated heterocycles. The Balaban J connectivity index is 2.11. The van der Waals surface area contributed by atoms with Crippen LogP contribution in [0.3, 0.4) is 0 Å². The van der Waals surface area contributed by atoms with Crippen molar-refractivity contribution in [2.75, 3.05) is 17.4 Å². The largest absolute Gasteiger partial charge is 0.355 e. The molecule has 10 heteroatoms. The van der Waals surface area contributed by atoms with Crippen LogP contribution in [0.4, 0.5) is 5.69 Å². The van der Waals surface area contributed by atoms with Gasteiger partial charge >= 0.3 is 0 Å². The van der Waals surface area contributed by atoms with E-state index in [1.807, 2.05) is 38.1 Å². The highest BCUT2D eigenvalue weighted by Gasteiger charge is 2.34. The predicted octanol–water partition coefficient (Wildman–Crippen LogP) is 5.44. The quantitative estimate of drug-likeness (QED) is 0.330. The van der Waals surface area contributed by atoms with Crippen molar-refractivity contribution in [1.29, 1.82) is 0 Å². The van der Waals surface area contributed by atoms with Gasteiger partial charge in [0.1, 0.15) is 12.6 Å². The molecule has 0 fully saturated rings. The molecule has 1 atom stereocenters. The van der Waals surface area contributed by atoms with E-state index in [2.05, 4.69) is 5.32 Å². The lowest BCUT2D eigenvalue weighted by Crippen LogP contribution is -2.52. The number of amides is 2. The molecule has 0 aromatic heterocycles. The number of carbonyl (C=O) groups excluding carboxylic acids is 2. The summed E-state index contributed by atoms with van der Waals surface area (Å²) < 4.78 is 28.6. The average molecular weight is 577 g/mol. The first-order valence-electron chi connectivity index (χ1n) is 12.2. The molecule has 202 valence electrons. The predicted molar refractivity (Wildman–Crippen MR) is 152 cm³/mol. The molecule has 0 aliphatic carbocycles. The molecule has 3 aromatic rings. The van der Waals surface area contributed by atoms with Crippen LogP contribution >= 0.6 is 23.2 Å². The number of hydrogen-bond donors (Lipinski definition) is 1. The summed E-state index contributed by atoms with van der Waals surface area (Å²) in [6.07, 6.45) is 0.340. The maximum Gasteiger partial charge on any atom is 0.264 e. The van der Waals surface area contributed by atoms with Gasteiger partial charge in [-0.15, -0.1) is 0 Å². The molecular formula is C28H31Cl2N3O4S. The van der Waals surface area contributed by atoms with Gasteiger partial charge in [-0.25, -0.2) is 8.42 Å². The van der Waals surface area contributed by atoms with Gasteiger partial charge in [-0.05, 0) is 61.7 Å².